The second-order valence-electron chi connectivity index (χ2n) is 5.74. The highest BCUT2D eigenvalue weighted by Gasteiger charge is 2.18. The molecule has 1 aromatic carbocycles. The Labute approximate surface area is 155 Å². The highest BCUT2D eigenvalue weighted by Crippen LogP contribution is 2.37. The van der Waals surface area contributed by atoms with Gasteiger partial charge in [0.2, 0.25) is 11.9 Å². The average Bonchev–Trinajstić information content (AvgIpc) is 2.56. The smallest absolute Gasteiger partial charge is 0.338 e. The van der Waals surface area contributed by atoms with E-state index in [0.717, 1.165) is 0 Å². The van der Waals surface area contributed by atoms with Crippen LogP contribution in [0.3, 0.4) is 0 Å². The van der Waals surface area contributed by atoms with Gasteiger partial charge in [0.15, 0.2) is 23.9 Å². The summed E-state index contributed by atoms with van der Waals surface area (Å²) in [5.41, 5.74) is 11.1. The highest BCUT2D eigenvalue weighted by atomic mass is 35.5. The minimum atomic E-state index is -0.641. The number of nitrogens with zero attached hydrogens (tertiary/aromatic N) is 3. The summed E-state index contributed by atoms with van der Waals surface area (Å²) in [5, 5.41) is 0.241. The van der Waals surface area contributed by atoms with Gasteiger partial charge < -0.3 is 25.7 Å². The molecule has 0 aliphatic carbocycles. The maximum Gasteiger partial charge on any atom is 0.338 e. The van der Waals surface area contributed by atoms with Gasteiger partial charge in [0.05, 0.1) is 24.3 Å². The summed E-state index contributed by atoms with van der Waals surface area (Å²) in [6.45, 7) is 4.25. The number of esters is 1. The zero-order valence-corrected chi connectivity index (χ0v) is 15.4. The number of ether oxygens (including phenoxy) is 3. The largest absolute Gasteiger partial charge is 0.493 e. The van der Waals surface area contributed by atoms with Crippen LogP contribution in [-0.2, 0) is 11.3 Å². The fraction of sp³-hybridized carbons (Fsp3) is 0.375. The van der Waals surface area contributed by atoms with E-state index in [9.17, 15) is 4.79 Å². The number of hydrogen-bond donors (Lipinski definition) is 2. The first-order valence-corrected chi connectivity index (χ1v) is 8.11. The highest BCUT2D eigenvalue weighted by molar-refractivity contribution is 6.32. The third-order valence-electron chi connectivity index (χ3n) is 3.07. The van der Waals surface area contributed by atoms with Crippen molar-refractivity contribution in [2.45, 2.75) is 20.5 Å². The van der Waals surface area contributed by atoms with Crippen LogP contribution in [-0.4, -0.2) is 34.6 Å². The zero-order chi connectivity index (χ0) is 19.3. The summed E-state index contributed by atoms with van der Waals surface area (Å²) in [4.78, 5) is 23.6. The van der Waals surface area contributed by atoms with Crippen LogP contribution < -0.4 is 20.9 Å². The van der Waals surface area contributed by atoms with Gasteiger partial charge in [-0.2, -0.15) is 15.0 Å². The maximum atomic E-state index is 12.3. The minimum absolute atomic E-state index is 0.0556. The molecule has 0 unspecified atom stereocenters. The number of anilines is 2. The molecule has 1 heterocycles. The quantitative estimate of drug-likeness (QED) is 0.690. The van der Waals surface area contributed by atoms with Gasteiger partial charge in [0, 0.05) is 0 Å². The molecule has 4 N–H and O–H groups in total. The Balaban J connectivity index is 2.14. The average molecular weight is 382 g/mol. The molecule has 9 nitrogen and oxygen atoms in total. The second kappa shape index (κ2) is 8.52. The number of rotatable bonds is 7. The second-order valence-corrected chi connectivity index (χ2v) is 6.15. The molecule has 0 atom stereocenters. The van der Waals surface area contributed by atoms with Crippen molar-refractivity contribution in [3.63, 3.8) is 0 Å². The number of carbonyl (C=O) groups excluding carboxylic acids is 1. The molecular weight excluding hydrogens is 362 g/mol. The first-order valence-electron chi connectivity index (χ1n) is 7.73. The van der Waals surface area contributed by atoms with Gasteiger partial charge >= 0.3 is 5.97 Å². The van der Waals surface area contributed by atoms with E-state index >= 15 is 0 Å². The van der Waals surface area contributed by atoms with Crippen LogP contribution in [0.1, 0.15) is 30.0 Å². The normalized spacial score (nSPS) is 10.7. The van der Waals surface area contributed by atoms with E-state index in [1.807, 2.05) is 13.8 Å². The lowest BCUT2D eigenvalue weighted by molar-refractivity contribution is 0.0461. The molecule has 0 spiro atoms. The summed E-state index contributed by atoms with van der Waals surface area (Å²) >= 11 is 6.22. The number of aromatic nitrogens is 3. The van der Waals surface area contributed by atoms with Gasteiger partial charge in [-0.1, -0.05) is 25.4 Å². The van der Waals surface area contributed by atoms with Crippen LogP contribution >= 0.6 is 11.6 Å². The molecule has 10 heteroatoms. The number of methoxy groups -OCH3 is 1. The molecule has 26 heavy (non-hydrogen) atoms. The molecule has 2 aromatic rings. The van der Waals surface area contributed by atoms with E-state index in [0.29, 0.717) is 24.0 Å². The molecule has 0 aliphatic rings. The Morgan fingerprint density at radius 3 is 2.42 bits per heavy atom. The Kier molecular flexibility index (Phi) is 6.40. The van der Waals surface area contributed by atoms with Crippen molar-refractivity contribution in [1.82, 2.24) is 15.0 Å². The van der Waals surface area contributed by atoms with Gasteiger partial charge in [-0.15, -0.1) is 0 Å². The van der Waals surface area contributed by atoms with Crippen LogP contribution in [0.5, 0.6) is 11.5 Å². The van der Waals surface area contributed by atoms with Crippen molar-refractivity contribution in [2.75, 3.05) is 25.2 Å². The predicted molar refractivity (Wildman–Crippen MR) is 96.1 cm³/mol. The number of nitrogens with two attached hydrogens (primary N) is 2. The Morgan fingerprint density at radius 1 is 1.19 bits per heavy atom. The molecule has 0 saturated heterocycles. The molecular formula is C16H20ClN5O4. The van der Waals surface area contributed by atoms with Crippen molar-refractivity contribution in [3.8, 4) is 11.5 Å². The number of benzene rings is 1. The Hall–Kier alpha value is -2.81. The summed E-state index contributed by atoms with van der Waals surface area (Å²) in [6.07, 6.45) is 0. The van der Waals surface area contributed by atoms with Crippen LogP contribution in [0.4, 0.5) is 11.9 Å². The molecule has 0 fully saturated rings. The predicted octanol–water partition coefficient (Wildman–Crippen LogP) is 2.09. The Bertz CT molecular complexity index is 780. The van der Waals surface area contributed by atoms with Gasteiger partial charge in [-0.05, 0) is 18.1 Å². The lowest BCUT2D eigenvalue weighted by Crippen LogP contribution is -2.12. The monoisotopic (exact) mass is 381 g/mol. The van der Waals surface area contributed by atoms with Gasteiger partial charge in [-0.25, -0.2) is 4.79 Å². The molecule has 0 aliphatic heterocycles. The third-order valence-corrected chi connectivity index (χ3v) is 3.36. The molecule has 1 aromatic heterocycles. The molecule has 140 valence electrons. The topological polar surface area (TPSA) is 135 Å². The van der Waals surface area contributed by atoms with E-state index in [-0.39, 0.29) is 34.9 Å². The van der Waals surface area contributed by atoms with Crippen LogP contribution in [0.15, 0.2) is 12.1 Å². The van der Waals surface area contributed by atoms with E-state index in [1.54, 1.807) is 0 Å². The summed E-state index contributed by atoms with van der Waals surface area (Å²) < 4.78 is 16.1. The van der Waals surface area contributed by atoms with Crippen molar-refractivity contribution in [1.29, 1.82) is 0 Å². The lowest BCUT2D eigenvalue weighted by Gasteiger charge is -2.15. The van der Waals surface area contributed by atoms with E-state index in [2.05, 4.69) is 15.0 Å². The first kappa shape index (κ1) is 19.5. The van der Waals surface area contributed by atoms with Gasteiger partial charge in [0.1, 0.15) is 0 Å². The van der Waals surface area contributed by atoms with Crippen molar-refractivity contribution >= 4 is 29.5 Å². The first-order chi connectivity index (χ1) is 12.3. The standard InChI is InChI=1S/C16H20ClN5O4/c1-8(2)6-25-13-10(17)4-9(5-11(13)24-3)14(23)26-7-12-20-15(18)22-16(19)21-12/h4-5,8H,6-7H2,1-3H3,(H4,18,19,20,21,22). The zero-order valence-electron chi connectivity index (χ0n) is 14.7. The van der Waals surface area contributed by atoms with Crippen molar-refractivity contribution < 1.29 is 19.0 Å². The maximum absolute atomic E-state index is 12.3. The lowest BCUT2D eigenvalue weighted by atomic mass is 10.2. The molecule has 0 saturated carbocycles. The van der Waals surface area contributed by atoms with Crippen LogP contribution in [0.25, 0.3) is 0 Å². The fourth-order valence-electron chi connectivity index (χ4n) is 1.96. The van der Waals surface area contributed by atoms with Gasteiger partial charge in [-0.3, -0.25) is 0 Å². The summed E-state index contributed by atoms with van der Waals surface area (Å²) in [5.74, 6) is 0.396. The minimum Gasteiger partial charge on any atom is -0.493 e. The van der Waals surface area contributed by atoms with E-state index in [1.165, 1.54) is 19.2 Å². The Morgan fingerprint density at radius 2 is 1.85 bits per heavy atom. The number of carbonyl (C=O) groups is 1. The molecule has 0 radical (unpaired) electrons. The molecule has 0 bridgehead atoms. The van der Waals surface area contributed by atoms with E-state index in [4.69, 9.17) is 37.3 Å². The van der Waals surface area contributed by atoms with Crippen LogP contribution in [0.2, 0.25) is 5.02 Å². The summed E-state index contributed by atoms with van der Waals surface area (Å²) in [6, 6.07) is 2.93. The van der Waals surface area contributed by atoms with Crippen molar-refractivity contribution in [2.24, 2.45) is 5.92 Å². The SMILES string of the molecule is COc1cc(C(=O)OCc2nc(N)nc(N)n2)cc(Cl)c1OCC(C)C. The number of hydrogen-bond acceptors (Lipinski definition) is 9. The third kappa shape index (κ3) is 5.09. The van der Waals surface area contributed by atoms with Crippen LogP contribution in [0, 0.1) is 5.92 Å². The fourth-order valence-corrected chi connectivity index (χ4v) is 2.23. The van der Waals surface area contributed by atoms with E-state index < -0.39 is 5.97 Å². The van der Waals surface area contributed by atoms with Crippen molar-refractivity contribution in [3.05, 3.63) is 28.5 Å². The molecule has 0 amide bonds. The molecule has 2 rings (SSSR count). The number of nitrogen functional groups attached to an aromatic ring is 2. The van der Waals surface area contributed by atoms with Gasteiger partial charge in [0.25, 0.3) is 0 Å². The number of halogens is 1. The summed E-state index contributed by atoms with van der Waals surface area (Å²) in [7, 11) is 1.46.